The summed E-state index contributed by atoms with van der Waals surface area (Å²) in [5.74, 6) is -0.346. The van der Waals surface area contributed by atoms with Gasteiger partial charge in [0, 0.05) is 29.1 Å². The van der Waals surface area contributed by atoms with E-state index in [2.05, 4.69) is 82.2 Å². The Labute approximate surface area is 246 Å². The third kappa shape index (κ3) is 9.70. The minimum absolute atomic E-state index is 0.157. The van der Waals surface area contributed by atoms with Gasteiger partial charge in [0.1, 0.15) is 5.82 Å². The number of aryl methyl sites for hydroxylation is 1. The largest absolute Gasteiger partial charge is 0.514 e. The first-order valence-corrected chi connectivity index (χ1v) is 14.7. The molecule has 0 aliphatic carbocycles. The molecule has 3 rings (SSSR count). The lowest BCUT2D eigenvalue weighted by Gasteiger charge is -2.34. The highest BCUT2D eigenvalue weighted by atomic mass is 19.1. The highest BCUT2D eigenvalue weighted by molar-refractivity contribution is 5.92. The Morgan fingerprint density at radius 2 is 1.68 bits per heavy atom. The number of halogens is 1. The maximum atomic E-state index is 13.4. The number of benzene rings is 2. The minimum Gasteiger partial charge on any atom is -0.514 e. The van der Waals surface area contributed by atoms with E-state index in [-0.39, 0.29) is 11.2 Å². The first kappa shape index (κ1) is 31.8. The smallest absolute Gasteiger partial charge is 0.141 e. The fraction of sp³-hybridized carbons (Fsp3) is 0.389. The van der Waals surface area contributed by atoms with Gasteiger partial charge in [0.05, 0.1) is 23.7 Å². The van der Waals surface area contributed by atoms with Crippen molar-refractivity contribution >= 4 is 5.71 Å². The van der Waals surface area contributed by atoms with Gasteiger partial charge in [-0.3, -0.25) is 9.98 Å². The number of rotatable bonds is 14. The van der Waals surface area contributed by atoms with Crippen LogP contribution in [0.3, 0.4) is 0 Å². The fourth-order valence-electron chi connectivity index (χ4n) is 4.80. The molecule has 3 aromatic rings. The predicted octanol–water partition coefficient (Wildman–Crippen LogP) is 9.39. The number of pyridine rings is 1. The third-order valence-electron chi connectivity index (χ3n) is 7.82. The summed E-state index contributed by atoms with van der Waals surface area (Å²) < 4.78 is 13.4. The molecule has 0 saturated carbocycles. The molecule has 0 spiro atoms. The van der Waals surface area contributed by atoms with Crippen LogP contribution in [0.1, 0.15) is 78.4 Å². The van der Waals surface area contributed by atoms with Crippen LogP contribution >= 0.6 is 0 Å². The second-order valence-electron chi connectivity index (χ2n) is 11.8. The zero-order valence-corrected chi connectivity index (χ0v) is 25.5. The summed E-state index contributed by atoms with van der Waals surface area (Å²) in [5.41, 5.74) is 6.45. The molecule has 1 atom stereocenters. The maximum absolute atomic E-state index is 13.4. The maximum Gasteiger partial charge on any atom is 0.141 e. The Kier molecular flexibility index (Phi) is 11.5. The molecule has 2 N–H and O–H groups in total. The molecule has 0 aliphatic heterocycles. The summed E-state index contributed by atoms with van der Waals surface area (Å²) in [6.45, 7) is 13.2. The van der Waals surface area contributed by atoms with Gasteiger partial charge in [-0.05, 0) is 68.2 Å². The van der Waals surface area contributed by atoms with Crippen LogP contribution in [0.5, 0.6) is 0 Å². The summed E-state index contributed by atoms with van der Waals surface area (Å²) in [6.07, 6.45) is 9.72. The average molecular weight is 556 g/mol. The fourth-order valence-corrected chi connectivity index (χ4v) is 4.80. The zero-order valence-electron chi connectivity index (χ0n) is 25.5. The summed E-state index contributed by atoms with van der Waals surface area (Å²) in [7, 11) is 0. The van der Waals surface area contributed by atoms with E-state index >= 15 is 0 Å². The van der Waals surface area contributed by atoms with Crippen molar-refractivity contribution in [3.8, 4) is 11.3 Å². The summed E-state index contributed by atoms with van der Waals surface area (Å²) in [5, 5.41) is 13.9. The van der Waals surface area contributed by atoms with Gasteiger partial charge >= 0.3 is 0 Å². The molecule has 2 aromatic carbocycles. The van der Waals surface area contributed by atoms with Crippen LogP contribution in [0.15, 0.2) is 102 Å². The molecular weight excluding hydrogens is 509 g/mol. The summed E-state index contributed by atoms with van der Waals surface area (Å²) in [4.78, 5) is 9.42. The van der Waals surface area contributed by atoms with Crippen LogP contribution in [0, 0.1) is 11.2 Å². The van der Waals surface area contributed by atoms with E-state index in [1.807, 2.05) is 30.3 Å². The van der Waals surface area contributed by atoms with Crippen molar-refractivity contribution in [2.24, 2.45) is 10.4 Å². The second kappa shape index (κ2) is 14.8. The summed E-state index contributed by atoms with van der Waals surface area (Å²) >= 11 is 0. The van der Waals surface area contributed by atoms with E-state index in [9.17, 15) is 9.50 Å². The molecule has 0 fully saturated rings. The van der Waals surface area contributed by atoms with Crippen LogP contribution in [0.2, 0.25) is 0 Å². The van der Waals surface area contributed by atoms with Gasteiger partial charge in [-0.15, -0.1) is 0 Å². The lowest BCUT2D eigenvalue weighted by Crippen LogP contribution is -2.50. The highest BCUT2D eigenvalue weighted by Gasteiger charge is 2.30. The highest BCUT2D eigenvalue weighted by Crippen LogP contribution is 2.31. The van der Waals surface area contributed by atoms with Crippen LogP contribution in [-0.2, 0) is 12.8 Å². The average Bonchev–Trinajstić information content (AvgIpc) is 2.96. The lowest BCUT2D eigenvalue weighted by atomic mass is 9.84. The van der Waals surface area contributed by atoms with Crippen LogP contribution in [0.4, 0.5) is 4.39 Å². The number of nitrogens with zero attached hydrogens (tertiary/aromatic N) is 2. The Bertz CT molecular complexity index is 1330. The number of aliphatic hydroxyl groups excluding tert-OH is 1. The Hall–Kier alpha value is -3.73. The van der Waals surface area contributed by atoms with Crippen molar-refractivity contribution in [3.05, 3.63) is 114 Å². The number of allylic oxidation sites excluding steroid dienone is 3. The van der Waals surface area contributed by atoms with E-state index < -0.39 is 5.54 Å². The quantitative estimate of drug-likeness (QED) is 0.154. The molecule has 0 radical (unpaired) electrons. The van der Waals surface area contributed by atoms with E-state index in [0.29, 0.717) is 12.8 Å². The Morgan fingerprint density at radius 3 is 2.27 bits per heavy atom. The topological polar surface area (TPSA) is 57.5 Å². The van der Waals surface area contributed by atoms with Crippen molar-refractivity contribution in [3.63, 3.8) is 0 Å². The molecule has 1 heterocycles. The van der Waals surface area contributed by atoms with Gasteiger partial charge in [0.15, 0.2) is 0 Å². The van der Waals surface area contributed by atoms with Gasteiger partial charge in [-0.1, -0.05) is 94.8 Å². The Morgan fingerprint density at radius 1 is 0.976 bits per heavy atom. The number of aromatic nitrogens is 1. The molecule has 5 heteroatoms. The molecule has 4 nitrogen and oxygen atoms in total. The number of nitrogens with one attached hydrogen (secondary N) is 1. The summed E-state index contributed by atoms with van der Waals surface area (Å²) in [6, 6.07) is 21.6. The second-order valence-corrected chi connectivity index (χ2v) is 11.8. The van der Waals surface area contributed by atoms with Gasteiger partial charge in [0.2, 0.25) is 0 Å². The van der Waals surface area contributed by atoms with Crippen molar-refractivity contribution in [2.75, 3.05) is 0 Å². The van der Waals surface area contributed by atoms with Gasteiger partial charge in [-0.25, -0.2) is 4.39 Å². The first-order chi connectivity index (χ1) is 19.6. The number of aliphatic imine (C=N–C) groups is 1. The molecule has 0 amide bonds. The van der Waals surface area contributed by atoms with E-state index in [1.165, 1.54) is 24.1 Å². The van der Waals surface area contributed by atoms with E-state index in [4.69, 9.17) is 4.99 Å². The van der Waals surface area contributed by atoms with Crippen LogP contribution in [-0.4, -0.2) is 21.3 Å². The Balaban J connectivity index is 1.92. The molecule has 41 heavy (non-hydrogen) atoms. The van der Waals surface area contributed by atoms with Gasteiger partial charge < -0.3 is 10.4 Å². The molecule has 1 unspecified atom stereocenters. The van der Waals surface area contributed by atoms with Crippen LogP contribution < -0.4 is 5.32 Å². The molecule has 218 valence electrons. The lowest BCUT2D eigenvalue weighted by molar-refractivity contribution is 0.346. The first-order valence-electron chi connectivity index (χ1n) is 14.7. The zero-order chi connectivity index (χ0) is 29.9. The van der Waals surface area contributed by atoms with E-state index in [1.54, 1.807) is 6.07 Å². The molecule has 1 aromatic heterocycles. The molecular formula is C36H46FN3O. The van der Waals surface area contributed by atoms with Crippen molar-refractivity contribution in [1.82, 2.24) is 10.3 Å². The van der Waals surface area contributed by atoms with E-state index in [0.717, 1.165) is 59.6 Å². The van der Waals surface area contributed by atoms with Crippen LogP contribution in [0.25, 0.3) is 11.3 Å². The van der Waals surface area contributed by atoms with Crippen molar-refractivity contribution in [2.45, 2.75) is 85.6 Å². The molecule has 0 bridgehead atoms. The third-order valence-corrected chi connectivity index (χ3v) is 7.82. The monoisotopic (exact) mass is 555 g/mol. The number of hydrogen-bond donors (Lipinski definition) is 2. The number of hydrogen-bond acceptors (Lipinski definition) is 4. The number of aliphatic hydroxyl groups is 1. The van der Waals surface area contributed by atoms with Gasteiger partial charge in [-0.2, -0.15) is 0 Å². The SMILES string of the molecule is CC/C=C(/CC(C)(C)CC)N=C(C)C(C)(Cc1ccc(-c2ccc(F)cn2)cc1)N/C(=C/O)CCc1ccccc1. The minimum atomic E-state index is -0.552. The van der Waals surface area contributed by atoms with Crippen molar-refractivity contribution in [1.29, 1.82) is 0 Å². The normalized spacial score (nSPS) is 14.6. The van der Waals surface area contributed by atoms with Crippen molar-refractivity contribution < 1.29 is 9.50 Å². The van der Waals surface area contributed by atoms with Gasteiger partial charge in [0.25, 0.3) is 0 Å². The predicted molar refractivity (Wildman–Crippen MR) is 171 cm³/mol. The standard InChI is InChI=1S/C36H46FN3O/c1-7-12-32(24-35(4,5)8-2)39-27(3)36(6,40-33(26-41)21-17-28-13-10-9-11-14-28)23-29-15-18-30(19-16-29)34-22-20-31(37)25-38-34/h9-16,18-20,22,25-26,40-41H,7-8,17,21,23-24H2,1-6H3/b32-12-,33-26+,39-27?. The molecule has 0 aliphatic rings. The molecule has 0 saturated heterocycles.